The maximum absolute atomic E-state index is 11.6. The Balaban J connectivity index is 1.74. The second-order valence-electron chi connectivity index (χ2n) is 3.96. The Bertz CT molecular complexity index is 440. The van der Waals surface area contributed by atoms with E-state index in [4.69, 9.17) is 5.11 Å². The van der Waals surface area contributed by atoms with E-state index in [0.29, 0.717) is 6.54 Å². The maximum Gasteiger partial charge on any atom is 0.317 e. The van der Waals surface area contributed by atoms with Gasteiger partial charge in [0.05, 0.1) is 23.2 Å². The number of urea groups is 1. The van der Waals surface area contributed by atoms with Crippen molar-refractivity contribution in [1.82, 2.24) is 15.2 Å². The van der Waals surface area contributed by atoms with E-state index in [1.165, 1.54) is 16.2 Å². The number of aromatic nitrogens is 1. The first-order valence-corrected chi connectivity index (χ1v) is 6.11. The average molecular weight is 255 g/mol. The largest absolute Gasteiger partial charge is 0.481 e. The van der Waals surface area contributed by atoms with Crippen LogP contribution in [-0.4, -0.2) is 40.1 Å². The van der Waals surface area contributed by atoms with Crippen LogP contribution in [0.3, 0.4) is 0 Å². The molecule has 0 saturated carbocycles. The first-order chi connectivity index (χ1) is 8.06. The predicted octanol–water partition coefficient (Wildman–Crippen LogP) is 0.678. The van der Waals surface area contributed by atoms with Gasteiger partial charge in [-0.2, -0.15) is 0 Å². The molecule has 2 heterocycles. The van der Waals surface area contributed by atoms with E-state index in [2.05, 4.69) is 10.3 Å². The summed E-state index contributed by atoms with van der Waals surface area (Å²) in [6, 6.07) is -0.229. The van der Waals surface area contributed by atoms with Gasteiger partial charge in [0.1, 0.15) is 0 Å². The number of thiazole rings is 1. The van der Waals surface area contributed by atoms with Crippen molar-refractivity contribution >= 4 is 23.3 Å². The molecule has 0 atom stereocenters. The molecule has 7 heteroatoms. The van der Waals surface area contributed by atoms with Crippen LogP contribution in [0, 0.1) is 12.8 Å². The zero-order valence-corrected chi connectivity index (χ0v) is 10.2. The zero-order chi connectivity index (χ0) is 12.4. The number of carboxylic acids is 1. The van der Waals surface area contributed by atoms with Crippen LogP contribution >= 0.6 is 11.3 Å². The quantitative estimate of drug-likeness (QED) is 0.832. The number of rotatable bonds is 3. The van der Waals surface area contributed by atoms with Gasteiger partial charge in [-0.1, -0.05) is 0 Å². The lowest BCUT2D eigenvalue weighted by atomic mass is 10.0. The second-order valence-corrected chi connectivity index (χ2v) is 5.02. The van der Waals surface area contributed by atoms with Gasteiger partial charge in [0.2, 0.25) is 0 Å². The Morgan fingerprint density at radius 2 is 2.35 bits per heavy atom. The highest BCUT2D eigenvalue weighted by molar-refractivity contribution is 7.09. The lowest BCUT2D eigenvalue weighted by Crippen LogP contribution is -2.56. The molecule has 1 aromatic rings. The first-order valence-electron chi connectivity index (χ1n) is 5.23. The third-order valence-corrected chi connectivity index (χ3v) is 3.43. The molecule has 2 N–H and O–H groups in total. The van der Waals surface area contributed by atoms with Crippen LogP contribution < -0.4 is 5.32 Å². The molecule has 92 valence electrons. The van der Waals surface area contributed by atoms with Crippen molar-refractivity contribution < 1.29 is 14.7 Å². The standard InChI is InChI=1S/C10H13N3O3S/c1-6-12-8(5-17-6)2-11-10(16)13-3-7(4-13)9(14)15/h5,7H,2-4H2,1H3,(H,11,16)(H,14,15). The van der Waals surface area contributed by atoms with E-state index in [1.807, 2.05) is 12.3 Å². The molecule has 0 bridgehead atoms. The minimum Gasteiger partial charge on any atom is -0.481 e. The topological polar surface area (TPSA) is 82.5 Å². The fourth-order valence-electron chi connectivity index (χ4n) is 1.57. The van der Waals surface area contributed by atoms with Crippen LogP contribution in [0.2, 0.25) is 0 Å². The number of nitrogens with one attached hydrogen (secondary N) is 1. The molecule has 1 aliphatic heterocycles. The van der Waals surface area contributed by atoms with Crippen molar-refractivity contribution in [1.29, 1.82) is 0 Å². The van der Waals surface area contributed by atoms with Gasteiger partial charge >= 0.3 is 12.0 Å². The summed E-state index contributed by atoms with van der Waals surface area (Å²) in [7, 11) is 0. The van der Waals surface area contributed by atoms with Crippen LogP contribution in [-0.2, 0) is 11.3 Å². The monoisotopic (exact) mass is 255 g/mol. The minimum absolute atomic E-state index is 0.229. The number of nitrogens with zero attached hydrogens (tertiary/aromatic N) is 2. The number of carbonyl (C=O) groups excluding carboxylic acids is 1. The van der Waals surface area contributed by atoms with E-state index in [0.717, 1.165) is 10.7 Å². The fraction of sp³-hybridized carbons (Fsp3) is 0.500. The molecule has 2 rings (SSSR count). The lowest BCUT2D eigenvalue weighted by Gasteiger charge is -2.36. The summed E-state index contributed by atoms with van der Waals surface area (Å²) in [5, 5.41) is 14.2. The van der Waals surface area contributed by atoms with Crippen LogP contribution in [0.5, 0.6) is 0 Å². The molecule has 6 nitrogen and oxygen atoms in total. The summed E-state index contributed by atoms with van der Waals surface area (Å²) in [6.07, 6.45) is 0. The maximum atomic E-state index is 11.6. The normalized spacial score (nSPS) is 15.5. The minimum atomic E-state index is -0.843. The van der Waals surface area contributed by atoms with Gasteiger partial charge in [0.25, 0.3) is 0 Å². The Morgan fingerprint density at radius 1 is 1.65 bits per heavy atom. The summed E-state index contributed by atoms with van der Waals surface area (Å²) < 4.78 is 0. The Labute approximate surface area is 102 Å². The number of aryl methyl sites for hydroxylation is 1. The van der Waals surface area contributed by atoms with E-state index < -0.39 is 11.9 Å². The number of hydrogen-bond acceptors (Lipinski definition) is 4. The molecule has 1 fully saturated rings. The third kappa shape index (κ3) is 2.73. The summed E-state index contributed by atoms with van der Waals surface area (Å²) in [5.74, 6) is -1.26. The molecule has 0 radical (unpaired) electrons. The predicted molar refractivity (Wildman–Crippen MR) is 61.8 cm³/mol. The molecular weight excluding hydrogens is 242 g/mol. The summed E-state index contributed by atoms with van der Waals surface area (Å²) >= 11 is 1.53. The second kappa shape index (κ2) is 4.70. The summed E-state index contributed by atoms with van der Waals surface area (Å²) in [6.45, 7) is 2.87. The summed E-state index contributed by atoms with van der Waals surface area (Å²) in [5.41, 5.74) is 0.830. The van der Waals surface area contributed by atoms with Gasteiger partial charge in [0, 0.05) is 18.5 Å². The fourth-order valence-corrected chi connectivity index (χ4v) is 2.18. The van der Waals surface area contributed by atoms with Gasteiger partial charge < -0.3 is 15.3 Å². The number of carbonyl (C=O) groups is 2. The van der Waals surface area contributed by atoms with Crippen molar-refractivity contribution in [3.63, 3.8) is 0 Å². The van der Waals surface area contributed by atoms with Crippen molar-refractivity contribution in [3.8, 4) is 0 Å². The Hall–Kier alpha value is -1.63. The SMILES string of the molecule is Cc1nc(CNC(=O)N2CC(C(=O)O)C2)cs1. The number of aliphatic carboxylic acids is 1. The molecule has 1 aromatic heterocycles. The summed E-state index contributed by atoms with van der Waals surface area (Å²) in [4.78, 5) is 27.8. The van der Waals surface area contributed by atoms with Crippen LogP contribution in [0.15, 0.2) is 5.38 Å². The van der Waals surface area contributed by atoms with Crippen molar-refractivity contribution in [2.45, 2.75) is 13.5 Å². The smallest absolute Gasteiger partial charge is 0.317 e. The molecule has 0 aromatic carbocycles. The van der Waals surface area contributed by atoms with Gasteiger partial charge in [-0.3, -0.25) is 4.79 Å². The molecule has 2 amide bonds. The van der Waals surface area contributed by atoms with Gasteiger partial charge in [-0.25, -0.2) is 9.78 Å². The van der Waals surface area contributed by atoms with E-state index in [1.54, 1.807) is 0 Å². The van der Waals surface area contributed by atoms with Gasteiger partial charge in [-0.15, -0.1) is 11.3 Å². The van der Waals surface area contributed by atoms with Crippen molar-refractivity contribution in [2.24, 2.45) is 5.92 Å². The van der Waals surface area contributed by atoms with Gasteiger partial charge in [0.15, 0.2) is 0 Å². The number of hydrogen-bond donors (Lipinski definition) is 2. The lowest BCUT2D eigenvalue weighted by molar-refractivity contribution is -0.146. The van der Waals surface area contributed by atoms with Gasteiger partial charge in [-0.05, 0) is 6.92 Å². The molecule has 17 heavy (non-hydrogen) atoms. The molecule has 1 saturated heterocycles. The molecule has 1 aliphatic rings. The Morgan fingerprint density at radius 3 is 2.88 bits per heavy atom. The van der Waals surface area contributed by atoms with Crippen LogP contribution in [0.4, 0.5) is 4.79 Å². The molecule has 0 unspecified atom stereocenters. The highest BCUT2D eigenvalue weighted by Crippen LogP contribution is 2.15. The highest BCUT2D eigenvalue weighted by Gasteiger charge is 2.35. The number of amides is 2. The third-order valence-electron chi connectivity index (χ3n) is 2.61. The molecule has 0 spiro atoms. The van der Waals surface area contributed by atoms with Crippen molar-refractivity contribution in [2.75, 3.05) is 13.1 Å². The van der Waals surface area contributed by atoms with E-state index in [9.17, 15) is 9.59 Å². The first kappa shape index (κ1) is 11.8. The Kier molecular flexibility index (Phi) is 3.28. The average Bonchev–Trinajstić information content (AvgIpc) is 2.58. The number of likely N-dealkylation sites (tertiary alicyclic amines) is 1. The molecular formula is C10H13N3O3S. The van der Waals surface area contributed by atoms with Crippen molar-refractivity contribution in [3.05, 3.63) is 16.1 Å². The number of carboxylic acid groups (broad SMARTS) is 1. The van der Waals surface area contributed by atoms with Crippen LogP contribution in [0.1, 0.15) is 10.7 Å². The molecule has 0 aliphatic carbocycles. The van der Waals surface area contributed by atoms with E-state index >= 15 is 0 Å². The van der Waals surface area contributed by atoms with E-state index in [-0.39, 0.29) is 19.1 Å². The zero-order valence-electron chi connectivity index (χ0n) is 9.34. The highest BCUT2D eigenvalue weighted by atomic mass is 32.1. The van der Waals surface area contributed by atoms with Crippen LogP contribution in [0.25, 0.3) is 0 Å².